The molecule has 2 rings (SSSR count). The fraction of sp³-hybridized carbons (Fsp3) is 0.462. The molecular formula is C13H19FIN3OS. The van der Waals surface area contributed by atoms with Gasteiger partial charge in [0, 0.05) is 24.6 Å². The van der Waals surface area contributed by atoms with Crippen LogP contribution in [0.25, 0.3) is 0 Å². The SMILES string of the molecule is I.NC(=NCCOc1ccc(F)cc1)N1CCSCC1. The largest absolute Gasteiger partial charge is 0.492 e. The first kappa shape index (κ1) is 17.4. The highest BCUT2D eigenvalue weighted by Gasteiger charge is 2.11. The third kappa shape index (κ3) is 5.74. The first-order chi connectivity index (χ1) is 9.25. The Morgan fingerprint density at radius 1 is 1.30 bits per heavy atom. The van der Waals surface area contributed by atoms with Crippen LogP contribution in [0, 0.1) is 5.82 Å². The average molecular weight is 411 g/mol. The standard InChI is InChI=1S/C13H18FN3OS.HI/c14-11-1-3-12(4-2-11)18-8-5-16-13(15)17-6-9-19-10-7-17;/h1-4H,5-10H2,(H2,15,16);1H. The van der Waals surface area contributed by atoms with Gasteiger partial charge in [-0.15, -0.1) is 24.0 Å². The van der Waals surface area contributed by atoms with Crippen molar-refractivity contribution >= 4 is 41.7 Å². The molecule has 1 aliphatic rings. The molecule has 1 aliphatic heterocycles. The number of hydrogen-bond donors (Lipinski definition) is 1. The van der Waals surface area contributed by atoms with Crippen molar-refractivity contribution in [2.45, 2.75) is 0 Å². The Morgan fingerprint density at radius 2 is 1.95 bits per heavy atom. The molecule has 0 aromatic heterocycles. The molecule has 4 nitrogen and oxygen atoms in total. The summed E-state index contributed by atoms with van der Waals surface area (Å²) in [7, 11) is 0. The molecule has 1 fully saturated rings. The zero-order chi connectivity index (χ0) is 13.5. The quantitative estimate of drug-likeness (QED) is 0.357. The van der Waals surface area contributed by atoms with E-state index in [0.717, 1.165) is 24.6 Å². The Hall–Kier alpha value is -0.700. The predicted molar refractivity (Wildman–Crippen MR) is 92.7 cm³/mol. The number of halogens is 2. The van der Waals surface area contributed by atoms with E-state index in [1.165, 1.54) is 12.1 Å². The Labute approximate surface area is 140 Å². The van der Waals surface area contributed by atoms with Crippen LogP contribution in [-0.4, -0.2) is 48.6 Å². The lowest BCUT2D eigenvalue weighted by molar-refractivity contribution is 0.327. The second-order valence-electron chi connectivity index (χ2n) is 4.14. The summed E-state index contributed by atoms with van der Waals surface area (Å²) in [6, 6.07) is 5.95. The molecule has 1 heterocycles. The van der Waals surface area contributed by atoms with Gasteiger partial charge in [-0.2, -0.15) is 11.8 Å². The molecule has 20 heavy (non-hydrogen) atoms. The minimum Gasteiger partial charge on any atom is -0.492 e. The number of guanidine groups is 1. The summed E-state index contributed by atoms with van der Waals surface area (Å²) < 4.78 is 18.1. The van der Waals surface area contributed by atoms with Crippen molar-refractivity contribution in [3.63, 3.8) is 0 Å². The van der Waals surface area contributed by atoms with Crippen LogP contribution < -0.4 is 10.5 Å². The van der Waals surface area contributed by atoms with E-state index in [1.54, 1.807) is 12.1 Å². The third-order valence-electron chi connectivity index (χ3n) is 2.78. The smallest absolute Gasteiger partial charge is 0.191 e. The number of hydrogen-bond acceptors (Lipinski definition) is 3. The van der Waals surface area contributed by atoms with E-state index in [4.69, 9.17) is 10.5 Å². The second kappa shape index (κ2) is 9.28. The van der Waals surface area contributed by atoms with Crippen LogP contribution in [0.3, 0.4) is 0 Å². The first-order valence-corrected chi connectivity index (χ1v) is 7.42. The van der Waals surface area contributed by atoms with E-state index in [2.05, 4.69) is 9.89 Å². The van der Waals surface area contributed by atoms with Crippen LogP contribution in [0.5, 0.6) is 5.75 Å². The highest BCUT2D eigenvalue weighted by molar-refractivity contribution is 14.0. The van der Waals surface area contributed by atoms with E-state index in [9.17, 15) is 4.39 Å². The molecule has 1 saturated heterocycles. The molecule has 0 saturated carbocycles. The van der Waals surface area contributed by atoms with Gasteiger partial charge in [-0.05, 0) is 24.3 Å². The number of rotatable bonds is 4. The van der Waals surface area contributed by atoms with Crippen LogP contribution >= 0.6 is 35.7 Å². The van der Waals surface area contributed by atoms with Crippen molar-refractivity contribution in [1.82, 2.24) is 4.90 Å². The molecule has 0 atom stereocenters. The van der Waals surface area contributed by atoms with Gasteiger partial charge in [0.25, 0.3) is 0 Å². The summed E-state index contributed by atoms with van der Waals surface area (Å²) in [4.78, 5) is 6.38. The molecule has 1 aromatic carbocycles. The Bertz CT molecular complexity index is 424. The topological polar surface area (TPSA) is 50.9 Å². The maximum Gasteiger partial charge on any atom is 0.191 e. The highest BCUT2D eigenvalue weighted by Crippen LogP contribution is 2.11. The summed E-state index contributed by atoms with van der Waals surface area (Å²) in [6.07, 6.45) is 0. The fourth-order valence-corrected chi connectivity index (χ4v) is 2.65. The third-order valence-corrected chi connectivity index (χ3v) is 3.73. The predicted octanol–water partition coefficient (Wildman–Crippen LogP) is 2.19. The lowest BCUT2D eigenvalue weighted by Crippen LogP contribution is -2.42. The summed E-state index contributed by atoms with van der Waals surface area (Å²) in [5.41, 5.74) is 5.91. The van der Waals surface area contributed by atoms with Crippen molar-refractivity contribution in [3.8, 4) is 5.75 Å². The van der Waals surface area contributed by atoms with Gasteiger partial charge >= 0.3 is 0 Å². The molecule has 112 valence electrons. The zero-order valence-electron chi connectivity index (χ0n) is 11.1. The van der Waals surface area contributed by atoms with Gasteiger partial charge in [0.15, 0.2) is 5.96 Å². The van der Waals surface area contributed by atoms with Crippen LogP contribution in [0.2, 0.25) is 0 Å². The molecule has 2 N–H and O–H groups in total. The van der Waals surface area contributed by atoms with Crippen molar-refractivity contribution < 1.29 is 9.13 Å². The van der Waals surface area contributed by atoms with Gasteiger partial charge in [-0.1, -0.05) is 0 Å². The lowest BCUT2D eigenvalue weighted by atomic mass is 10.3. The average Bonchev–Trinajstić information content (AvgIpc) is 2.46. The summed E-state index contributed by atoms with van der Waals surface area (Å²) >= 11 is 1.94. The minimum atomic E-state index is -0.266. The van der Waals surface area contributed by atoms with Gasteiger partial charge < -0.3 is 15.4 Å². The summed E-state index contributed by atoms with van der Waals surface area (Å²) in [5.74, 6) is 3.16. The molecule has 0 amide bonds. The van der Waals surface area contributed by atoms with Gasteiger partial charge in [-0.3, -0.25) is 0 Å². The molecule has 1 aromatic rings. The number of ether oxygens (including phenoxy) is 1. The van der Waals surface area contributed by atoms with E-state index in [0.29, 0.717) is 24.9 Å². The minimum absolute atomic E-state index is 0. The Kier molecular flexibility index (Phi) is 8.05. The van der Waals surface area contributed by atoms with E-state index in [1.807, 2.05) is 11.8 Å². The maximum absolute atomic E-state index is 12.7. The number of nitrogens with two attached hydrogens (primary N) is 1. The van der Waals surface area contributed by atoms with E-state index in [-0.39, 0.29) is 29.8 Å². The Balaban J connectivity index is 0.00000200. The zero-order valence-corrected chi connectivity index (χ0v) is 14.3. The van der Waals surface area contributed by atoms with Gasteiger partial charge in [0.2, 0.25) is 0 Å². The van der Waals surface area contributed by atoms with Crippen molar-refractivity contribution in [1.29, 1.82) is 0 Å². The maximum atomic E-state index is 12.7. The number of thioether (sulfide) groups is 1. The van der Waals surface area contributed by atoms with Crippen molar-refractivity contribution in [2.24, 2.45) is 10.7 Å². The van der Waals surface area contributed by atoms with E-state index < -0.39 is 0 Å². The van der Waals surface area contributed by atoms with Gasteiger partial charge in [-0.25, -0.2) is 9.38 Å². The van der Waals surface area contributed by atoms with Crippen molar-refractivity contribution in [3.05, 3.63) is 30.1 Å². The monoisotopic (exact) mass is 411 g/mol. The van der Waals surface area contributed by atoms with Crippen LogP contribution in [0.4, 0.5) is 4.39 Å². The molecule has 0 radical (unpaired) electrons. The van der Waals surface area contributed by atoms with E-state index >= 15 is 0 Å². The highest BCUT2D eigenvalue weighted by atomic mass is 127. The molecule has 0 unspecified atom stereocenters. The summed E-state index contributed by atoms with van der Waals surface area (Å²) in [5, 5.41) is 0. The normalized spacial score (nSPS) is 15.7. The second-order valence-corrected chi connectivity index (χ2v) is 5.37. The fourth-order valence-electron chi connectivity index (χ4n) is 1.75. The molecule has 0 spiro atoms. The Morgan fingerprint density at radius 3 is 2.60 bits per heavy atom. The number of aliphatic imine (C=N–C) groups is 1. The molecule has 7 heteroatoms. The number of nitrogens with zero attached hydrogens (tertiary/aromatic N) is 2. The van der Waals surface area contributed by atoms with Crippen LogP contribution in [0.15, 0.2) is 29.3 Å². The van der Waals surface area contributed by atoms with Gasteiger partial charge in [0.1, 0.15) is 18.2 Å². The molecule has 0 bridgehead atoms. The summed E-state index contributed by atoms with van der Waals surface area (Å²) in [6.45, 7) is 2.86. The first-order valence-electron chi connectivity index (χ1n) is 6.27. The van der Waals surface area contributed by atoms with Crippen LogP contribution in [-0.2, 0) is 0 Å². The number of benzene rings is 1. The lowest BCUT2D eigenvalue weighted by Gasteiger charge is -2.27. The van der Waals surface area contributed by atoms with Crippen LogP contribution in [0.1, 0.15) is 0 Å². The van der Waals surface area contributed by atoms with Crippen molar-refractivity contribution in [2.75, 3.05) is 37.7 Å². The molecular weight excluding hydrogens is 392 g/mol. The van der Waals surface area contributed by atoms with Gasteiger partial charge in [0.05, 0.1) is 6.54 Å². The molecule has 0 aliphatic carbocycles.